The number of nitrogens with zero attached hydrogens (tertiary/aromatic N) is 2. The SMILES string of the molecule is NC(=O)n1c(O)c(-c2nc3ccccc3o2)c2c[c]ccc21. The summed E-state index contributed by atoms with van der Waals surface area (Å²) >= 11 is 0. The second kappa shape index (κ2) is 4.36. The van der Waals surface area contributed by atoms with E-state index in [1.807, 2.05) is 12.1 Å². The van der Waals surface area contributed by atoms with Gasteiger partial charge in [0.2, 0.25) is 11.8 Å². The molecular formula is C16H10N3O3. The predicted octanol–water partition coefficient (Wildman–Crippen LogP) is 2.88. The minimum atomic E-state index is -0.781. The Hall–Kier alpha value is -3.28. The molecule has 2 aromatic heterocycles. The van der Waals surface area contributed by atoms with Crippen LogP contribution < -0.4 is 5.73 Å². The summed E-state index contributed by atoms with van der Waals surface area (Å²) < 4.78 is 6.71. The van der Waals surface area contributed by atoms with E-state index in [4.69, 9.17) is 10.2 Å². The zero-order valence-electron chi connectivity index (χ0n) is 11.3. The molecule has 0 unspecified atom stereocenters. The molecule has 0 aliphatic carbocycles. The standard InChI is InChI=1S/C16H10N3O3/c17-16(21)19-11-7-3-1-5-9(11)13(15(19)20)14-18-10-6-2-4-8-12(10)22-14/h2-8,20H,(H2,17,21). The van der Waals surface area contributed by atoms with E-state index in [-0.39, 0.29) is 11.8 Å². The van der Waals surface area contributed by atoms with Gasteiger partial charge in [-0.3, -0.25) is 0 Å². The summed E-state index contributed by atoms with van der Waals surface area (Å²) in [6.45, 7) is 0. The molecule has 0 aliphatic rings. The molecule has 2 aromatic carbocycles. The molecule has 22 heavy (non-hydrogen) atoms. The largest absolute Gasteiger partial charge is 0.494 e. The van der Waals surface area contributed by atoms with Gasteiger partial charge in [-0.1, -0.05) is 18.2 Å². The molecule has 6 nitrogen and oxygen atoms in total. The van der Waals surface area contributed by atoms with Crippen LogP contribution in [-0.2, 0) is 0 Å². The van der Waals surface area contributed by atoms with Gasteiger partial charge in [0.25, 0.3) is 0 Å². The molecule has 4 aromatic rings. The lowest BCUT2D eigenvalue weighted by Crippen LogP contribution is -2.18. The zero-order chi connectivity index (χ0) is 15.3. The van der Waals surface area contributed by atoms with Crippen LogP contribution in [0.1, 0.15) is 0 Å². The van der Waals surface area contributed by atoms with Gasteiger partial charge in [-0.2, -0.15) is 0 Å². The van der Waals surface area contributed by atoms with E-state index >= 15 is 0 Å². The second-order valence-electron chi connectivity index (χ2n) is 4.80. The molecule has 0 saturated heterocycles. The Morgan fingerprint density at radius 2 is 2.14 bits per heavy atom. The van der Waals surface area contributed by atoms with Crippen LogP contribution in [0, 0.1) is 6.07 Å². The summed E-state index contributed by atoms with van der Waals surface area (Å²) in [5.41, 5.74) is 7.40. The summed E-state index contributed by atoms with van der Waals surface area (Å²) in [7, 11) is 0. The van der Waals surface area contributed by atoms with Crippen molar-refractivity contribution >= 4 is 28.0 Å². The lowest BCUT2D eigenvalue weighted by Gasteiger charge is -1.99. The van der Waals surface area contributed by atoms with Crippen molar-refractivity contribution in [3.05, 3.63) is 48.5 Å². The fourth-order valence-corrected chi connectivity index (χ4v) is 2.58. The van der Waals surface area contributed by atoms with Crippen molar-refractivity contribution < 1.29 is 14.3 Å². The average molecular weight is 292 g/mol. The Morgan fingerprint density at radius 1 is 1.32 bits per heavy atom. The number of hydrogen-bond acceptors (Lipinski definition) is 4. The van der Waals surface area contributed by atoms with Crippen molar-refractivity contribution in [1.82, 2.24) is 9.55 Å². The van der Waals surface area contributed by atoms with Gasteiger partial charge in [-0.15, -0.1) is 0 Å². The van der Waals surface area contributed by atoms with Crippen LogP contribution in [0.3, 0.4) is 0 Å². The van der Waals surface area contributed by atoms with Crippen molar-refractivity contribution in [2.75, 3.05) is 0 Å². The van der Waals surface area contributed by atoms with E-state index in [9.17, 15) is 9.90 Å². The first-order valence-electron chi connectivity index (χ1n) is 6.56. The Balaban J connectivity index is 2.10. The van der Waals surface area contributed by atoms with E-state index in [1.165, 1.54) is 0 Å². The topological polar surface area (TPSA) is 94.3 Å². The number of carbonyl (C=O) groups excluding carboxylic acids is 1. The van der Waals surface area contributed by atoms with E-state index in [0.717, 1.165) is 4.57 Å². The monoisotopic (exact) mass is 292 g/mol. The van der Waals surface area contributed by atoms with Crippen LogP contribution in [0.15, 0.2) is 46.9 Å². The van der Waals surface area contributed by atoms with Crippen LogP contribution in [-0.4, -0.2) is 20.7 Å². The number of nitrogens with two attached hydrogens (primary N) is 1. The average Bonchev–Trinajstić information content (AvgIpc) is 3.04. The molecule has 2 heterocycles. The van der Waals surface area contributed by atoms with Crippen LogP contribution in [0.4, 0.5) is 4.79 Å². The number of amides is 1. The molecule has 6 heteroatoms. The minimum absolute atomic E-state index is 0.225. The molecule has 0 aliphatic heterocycles. The first kappa shape index (κ1) is 12.5. The number of primary amides is 1. The number of aromatic nitrogens is 2. The van der Waals surface area contributed by atoms with Gasteiger partial charge in [-0.25, -0.2) is 14.3 Å². The molecule has 1 amide bonds. The summed E-state index contributed by atoms with van der Waals surface area (Å²) in [6.07, 6.45) is 0. The van der Waals surface area contributed by atoms with Gasteiger partial charge in [0, 0.05) is 5.39 Å². The third-order valence-corrected chi connectivity index (χ3v) is 3.51. The van der Waals surface area contributed by atoms with Crippen LogP contribution in [0.5, 0.6) is 5.88 Å². The molecule has 3 N–H and O–H groups in total. The second-order valence-corrected chi connectivity index (χ2v) is 4.80. The van der Waals surface area contributed by atoms with E-state index < -0.39 is 6.03 Å². The maximum atomic E-state index is 11.6. The van der Waals surface area contributed by atoms with Crippen LogP contribution >= 0.6 is 0 Å². The summed E-state index contributed by atoms with van der Waals surface area (Å²) in [5.74, 6) is -0.0723. The molecular weight excluding hydrogens is 282 g/mol. The Morgan fingerprint density at radius 3 is 2.91 bits per heavy atom. The van der Waals surface area contributed by atoms with Gasteiger partial charge in [0.15, 0.2) is 5.58 Å². The highest BCUT2D eigenvalue weighted by Gasteiger charge is 2.24. The summed E-state index contributed by atoms with van der Waals surface area (Å²) in [4.78, 5) is 16.0. The van der Waals surface area contributed by atoms with Crippen molar-refractivity contribution in [2.45, 2.75) is 0 Å². The molecule has 1 radical (unpaired) electrons. The van der Waals surface area contributed by atoms with Crippen molar-refractivity contribution in [3.63, 3.8) is 0 Å². The van der Waals surface area contributed by atoms with E-state index in [2.05, 4.69) is 11.1 Å². The van der Waals surface area contributed by atoms with E-state index in [1.54, 1.807) is 30.3 Å². The van der Waals surface area contributed by atoms with E-state index in [0.29, 0.717) is 27.6 Å². The molecule has 4 rings (SSSR count). The number of benzene rings is 2. The van der Waals surface area contributed by atoms with Gasteiger partial charge in [0.05, 0.1) is 5.52 Å². The number of fused-ring (bicyclic) bond motifs is 2. The highest BCUT2D eigenvalue weighted by molar-refractivity contribution is 6.03. The summed E-state index contributed by atoms with van der Waals surface area (Å²) in [6, 6.07) is 14.3. The lowest BCUT2D eigenvalue weighted by atomic mass is 10.2. The third-order valence-electron chi connectivity index (χ3n) is 3.51. The highest BCUT2D eigenvalue weighted by atomic mass is 16.4. The molecule has 0 atom stereocenters. The first-order chi connectivity index (χ1) is 10.7. The number of oxazole rings is 1. The highest BCUT2D eigenvalue weighted by Crippen LogP contribution is 2.39. The Labute approximate surface area is 124 Å². The Kier molecular flexibility index (Phi) is 2.47. The van der Waals surface area contributed by atoms with Gasteiger partial charge >= 0.3 is 6.03 Å². The smallest absolute Gasteiger partial charge is 0.326 e. The quantitative estimate of drug-likeness (QED) is 0.564. The number of carbonyl (C=O) groups is 1. The third kappa shape index (κ3) is 1.61. The minimum Gasteiger partial charge on any atom is -0.494 e. The number of hydrogen-bond donors (Lipinski definition) is 2. The maximum absolute atomic E-state index is 11.6. The van der Waals surface area contributed by atoms with Crippen molar-refractivity contribution in [1.29, 1.82) is 0 Å². The Bertz CT molecular complexity index is 997. The van der Waals surface area contributed by atoms with Crippen LogP contribution in [0.2, 0.25) is 0 Å². The molecule has 0 spiro atoms. The normalized spacial score (nSPS) is 11.3. The van der Waals surface area contributed by atoms with Gasteiger partial charge < -0.3 is 15.3 Å². The zero-order valence-corrected chi connectivity index (χ0v) is 11.3. The van der Waals surface area contributed by atoms with Crippen molar-refractivity contribution in [2.24, 2.45) is 5.73 Å². The number of para-hydroxylation sites is 2. The molecule has 0 fully saturated rings. The summed E-state index contributed by atoms with van der Waals surface area (Å²) in [5, 5.41) is 11.0. The fraction of sp³-hybridized carbons (Fsp3) is 0. The first-order valence-corrected chi connectivity index (χ1v) is 6.56. The van der Waals surface area contributed by atoms with Crippen LogP contribution in [0.25, 0.3) is 33.5 Å². The van der Waals surface area contributed by atoms with Crippen molar-refractivity contribution in [3.8, 4) is 17.3 Å². The predicted molar refractivity (Wildman–Crippen MR) is 80.4 cm³/mol. The van der Waals surface area contributed by atoms with Gasteiger partial charge in [-0.05, 0) is 30.3 Å². The number of aromatic hydroxyl groups is 1. The van der Waals surface area contributed by atoms with Gasteiger partial charge in [0.1, 0.15) is 11.1 Å². The maximum Gasteiger partial charge on any atom is 0.326 e. The molecule has 107 valence electrons. The number of rotatable bonds is 1. The fourth-order valence-electron chi connectivity index (χ4n) is 2.58. The lowest BCUT2D eigenvalue weighted by molar-refractivity contribution is 0.248. The molecule has 0 bridgehead atoms. The molecule has 0 saturated carbocycles.